The zero-order chi connectivity index (χ0) is 23.1. The van der Waals surface area contributed by atoms with Crippen molar-refractivity contribution < 1.29 is 4.79 Å². The Balaban J connectivity index is 1.37. The first-order valence-electron chi connectivity index (χ1n) is 11.1. The molecule has 5 aromatic rings. The number of para-hydroxylation sites is 1. The summed E-state index contributed by atoms with van der Waals surface area (Å²) in [6.45, 7) is 0. The standard InChI is InChI=1S/C27H19N5OS/c28-15-18-10-4-5-11-19(18)16-34-27-29-25-24(30-31-27)20-12-6-7-13-23(20)32(25)26(33)22-14-21(22)17-8-2-1-3-9-17/h1-13,21-22H,14,16H2/t21-,22+/m0/s1. The molecule has 164 valence electrons. The van der Waals surface area contributed by atoms with Crippen molar-refractivity contribution in [3.05, 3.63) is 95.6 Å². The maximum absolute atomic E-state index is 13.7. The molecule has 0 spiro atoms. The first-order chi connectivity index (χ1) is 16.7. The number of thioether (sulfide) groups is 1. The Morgan fingerprint density at radius 1 is 1.00 bits per heavy atom. The number of aromatic nitrogens is 4. The minimum Gasteiger partial charge on any atom is -0.274 e. The molecule has 2 atom stereocenters. The Bertz CT molecular complexity index is 1590. The van der Waals surface area contributed by atoms with Crippen molar-refractivity contribution in [1.29, 1.82) is 5.26 Å². The Morgan fingerprint density at radius 2 is 1.76 bits per heavy atom. The van der Waals surface area contributed by atoms with E-state index in [1.54, 1.807) is 10.6 Å². The second-order valence-corrected chi connectivity index (χ2v) is 9.32. The average Bonchev–Trinajstić information content (AvgIpc) is 3.63. The van der Waals surface area contributed by atoms with E-state index in [2.05, 4.69) is 28.4 Å². The van der Waals surface area contributed by atoms with Gasteiger partial charge in [-0.3, -0.25) is 9.36 Å². The monoisotopic (exact) mass is 461 g/mol. The van der Waals surface area contributed by atoms with Gasteiger partial charge in [0.15, 0.2) is 5.65 Å². The van der Waals surface area contributed by atoms with Crippen LogP contribution < -0.4 is 0 Å². The Hall–Kier alpha value is -4.02. The van der Waals surface area contributed by atoms with Gasteiger partial charge in [0, 0.05) is 17.1 Å². The maximum atomic E-state index is 13.7. The SMILES string of the molecule is N#Cc1ccccc1CSc1nnc2c3ccccc3n(C(=O)[C@@H]3C[C@H]3c3ccccc3)c2n1. The molecule has 0 saturated heterocycles. The largest absolute Gasteiger partial charge is 0.274 e. The van der Waals surface area contributed by atoms with Gasteiger partial charge in [-0.05, 0) is 35.6 Å². The smallest absolute Gasteiger partial charge is 0.236 e. The van der Waals surface area contributed by atoms with Crippen molar-refractivity contribution in [3.8, 4) is 6.07 Å². The highest BCUT2D eigenvalue weighted by Crippen LogP contribution is 2.49. The van der Waals surface area contributed by atoms with Crippen LogP contribution in [-0.2, 0) is 5.75 Å². The van der Waals surface area contributed by atoms with E-state index in [0.717, 1.165) is 22.9 Å². The molecule has 2 aromatic heterocycles. The third kappa shape index (κ3) is 3.53. The normalized spacial score (nSPS) is 17.0. The fraction of sp³-hybridized carbons (Fsp3) is 0.148. The molecule has 1 aliphatic rings. The molecule has 0 aliphatic heterocycles. The molecular formula is C27H19N5OS. The summed E-state index contributed by atoms with van der Waals surface area (Å²) in [4.78, 5) is 18.4. The molecule has 0 bridgehead atoms. The summed E-state index contributed by atoms with van der Waals surface area (Å²) in [7, 11) is 0. The minimum absolute atomic E-state index is 0.0475. The third-order valence-corrected chi connectivity index (χ3v) is 7.20. The van der Waals surface area contributed by atoms with Gasteiger partial charge in [-0.2, -0.15) is 5.26 Å². The van der Waals surface area contributed by atoms with Crippen molar-refractivity contribution in [2.45, 2.75) is 23.2 Å². The van der Waals surface area contributed by atoms with Crippen molar-refractivity contribution in [3.63, 3.8) is 0 Å². The van der Waals surface area contributed by atoms with Crippen LogP contribution in [0.3, 0.4) is 0 Å². The molecule has 1 saturated carbocycles. The highest BCUT2D eigenvalue weighted by molar-refractivity contribution is 7.98. The zero-order valence-corrected chi connectivity index (χ0v) is 18.9. The summed E-state index contributed by atoms with van der Waals surface area (Å²) in [5.41, 5.74) is 4.72. The Morgan fingerprint density at radius 3 is 2.62 bits per heavy atom. The van der Waals surface area contributed by atoms with Crippen LogP contribution >= 0.6 is 11.8 Å². The quantitative estimate of drug-likeness (QED) is 0.317. The molecule has 0 amide bonds. The second kappa shape index (κ2) is 8.40. The summed E-state index contributed by atoms with van der Waals surface area (Å²) in [6.07, 6.45) is 0.835. The fourth-order valence-electron chi connectivity index (χ4n) is 4.50. The van der Waals surface area contributed by atoms with E-state index in [9.17, 15) is 10.1 Å². The van der Waals surface area contributed by atoms with E-state index < -0.39 is 0 Å². The maximum Gasteiger partial charge on any atom is 0.236 e. The van der Waals surface area contributed by atoms with E-state index in [1.165, 1.54) is 17.3 Å². The summed E-state index contributed by atoms with van der Waals surface area (Å²) in [6, 6.07) is 27.6. The second-order valence-electron chi connectivity index (χ2n) is 8.37. The Labute approximate surface area is 200 Å². The number of carbonyl (C=O) groups is 1. The molecule has 1 fully saturated rings. The molecule has 7 heteroatoms. The lowest BCUT2D eigenvalue weighted by Gasteiger charge is -2.06. The molecule has 0 N–H and O–H groups in total. The average molecular weight is 462 g/mol. The van der Waals surface area contributed by atoms with E-state index in [1.807, 2.05) is 60.7 Å². The lowest BCUT2D eigenvalue weighted by Crippen LogP contribution is -2.14. The van der Waals surface area contributed by atoms with Crippen LogP contribution in [0.15, 0.2) is 84.0 Å². The molecular weight excluding hydrogens is 442 g/mol. The van der Waals surface area contributed by atoms with E-state index >= 15 is 0 Å². The first kappa shape index (κ1) is 20.6. The van der Waals surface area contributed by atoms with Gasteiger partial charge in [-0.15, -0.1) is 10.2 Å². The van der Waals surface area contributed by atoms with Crippen LogP contribution in [0.4, 0.5) is 0 Å². The number of hydrogen-bond acceptors (Lipinski definition) is 6. The van der Waals surface area contributed by atoms with Gasteiger partial charge >= 0.3 is 0 Å². The number of carbonyl (C=O) groups excluding carboxylic acids is 1. The van der Waals surface area contributed by atoms with Crippen LogP contribution in [0.1, 0.15) is 33.8 Å². The van der Waals surface area contributed by atoms with Crippen molar-refractivity contribution in [2.24, 2.45) is 5.92 Å². The molecule has 3 aromatic carbocycles. The van der Waals surface area contributed by atoms with Gasteiger partial charge in [0.05, 0.1) is 17.1 Å². The predicted octanol–water partition coefficient (Wildman–Crippen LogP) is 5.59. The number of fused-ring (bicyclic) bond motifs is 3. The van der Waals surface area contributed by atoms with Gasteiger partial charge in [-0.1, -0.05) is 78.5 Å². The third-order valence-electron chi connectivity index (χ3n) is 6.31. The molecule has 2 heterocycles. The van der Waals surface area contributed by atoms with Gasteiger partial charge in [-0.25, -0.2) is 4.98 Å². The van der Waals surface area contributed by atoms with Crippen LogP contribution in [-0.4, -0.2) is 25.7 Å². The number of hydrogen-bond donors (Lipinski definition) is 0. The topological polar surface area (TPSA) is 84.5 Å². The van der Waals surface area contributed by atoms with Crippen LogP contribution in [0.2, 0.25) is 0 Å². The van der Waals surface area contributed by atoms with Gasteiger partial charge in [0.25, 0.3) is 0 Å². The first-order valence-corrected chi connectivity index (χ1v) is 12.1. The van der Waals surface area contributed by atoms with Gasteiger partial charge in [0.2, 0.25) is 11.1 Å². The van der Waals surface area contributed by atoms with Gasteiger partial charge in [0.1, 0.15) is 5.52 Å². The number of benzene rings is 3. The lowest BCUT2D eigenvalue weighted by atomic mass is 10.1. The molecule has 1 aliphatic carbocycles. The number of rotatable bonds is 5. The van der Waals surface area contributed by atoms with Crippen LogP contribution in [0, 0.1) is 17.2 Å². The number of nitriles is 1. The van der Waals surface area contributed by atoms with Crippen LogP contribution in [0.5, 0.6) is 0 Å². The molecule has 0 unspecified atom stereocenters. The summed E-state index contributed by atoms with van der Waals surface area (Å²) in [5.74, 6) is 0.751. The van der Waals surface area contributed by atoms with Crippen molar-refractivity contribution in [1.82, 2.24) is 19.7 Å². The fourth-order valence-corrected chi connectivity index (χ4v) is 5.29. The summed E-state index contributed by atoms with van der Waals surface area (Å²) >= 11 is 1.41. The van der Waals surface area contributed by atoms with E-state index in [4.69, 9.17) is 4.98 Å². The molecule has 34 heavy (non-hydrogen) atoms. The zero-order valence-electron chi connectivity index (χ0n) is 18.1. The molecule has 0 radical (unpaired) electrons. The predicted molar refractivity (Wildman–Crippen MR) is 131 cm³/mol. The Kier molecular flexibility index (Phi) is 5.08. The van der Waals surface area contributed by atoms with Crippen molar-refractivity contribution in [2.75, 3.05) is 0 Å². The van der Waals surface area contributed by atoms with Crippen LogP contribution in [0.25, 0.3) is 22.1 Å². The number of nitrogens with zero attached hydrogens (tertiary/aromatic N) is 5. The molecule has 6 nitrogen and oxygen atoms in total. The van der Waals surface area contributed by atoms with E-state index in [-0.39, 0.29) is 17.7 Å². The molecule has 6 rings (SSSR count). The highest BCUT2D eigenvalue weighted by atomic mass is 32.2. The van der Waals surface area contributed by atoms with E-state index in [0.29, 0.717) is 27.6 Å². The van der Waals surface area contributed by atoms with Gasteiger partial charge < -0.3 is 0 Å². The summed E-state index contributed by atoms with van der Waals surface area (Å²) < 4.78 is 1.72. The minimum atomic E-state index is -0.0741. The highest BCUT2D eigenvalue weighted by Gasteiger charge is 2.45. The lowest BCUT2D eigenvalue weighted by molar-refractivity contribution is 0.0893. The van der Waals surface area contributed by atoms with Crippen molar-refractivity contribution >= 4 is 39.7 Å². The summed E-state index contributed by atoms with van der Waals surface area (Å²) in [5, 5.41) is 19.5.